The van der Waals surface area contributed by atoms with E-state index in [2.05, 4.69) is 16.0 Å². The van der Waals surface area contributed by atoms with Crippen LogP contribution in [0, 0.1) is 0 Å². The van der Waals surface area contributed by atoms with Gasteiger partial charge in [0.15, 0.2) is 0 Å². The molecule has 7 heteroatoms. The SMILES string of the molecule is CCC(C)(NC(=O)NCC(=O)NC(C)C)C(=O)O. The number of hydrogen-bond acceptors (Lipinski definition) is 3. The molecule has 104 valence electrons. The molecule has 0 heterocycles. The van der Waals surface area contributed by atoms with E-state index < -0.39 is 17.5 Å². The molecule has 0 saturated carbocycles. The Kier molecular flexibility index (Phi) is 6.15. The summed E-state index contributed by atoms with van der Waals surface area (Å²) in [5.74, 6) is -1.44. The number of nitrogens with one attached hydrogen (secondary N) is 3. The van der Waals surface area contributed by atoms with Crippen LogP contribution >= 0.6 is 0 Å². The van der Waals surface area contributed by atoms with Crippen LogP contribution in [0.2, 0.25) is 0 Å². The summed E-state index contributed by atoms with van der Waals surface area (Å²) in [4.78, 5) is 33.7. The molecule has 7 nitrogen and oxygen atoms in total. The van der Waals surface area contributed by atoms with Gasteiger partial charge in [-0.15, -0.1) is 0 Å². The van der Waals surface area contributed by atoms with Gasteiger partial charge < -0.3 is 21.1 Å². The number of carbonyl (C=O) groups excluding carboxylic acids is 2. The highest BCUT2D eigenvalue weighted by Gasteiger charge is 2.32. The zero-order valence-corrected chi connectivity index (χ0v) is 11.2. The summed E-state index contributed by atoms with van der Waals surface area (Å²) < 4.78 is 0. The summed E-state index contributed by atoms with van der Waals surface area (Å²) in [6.07, 6.45) is 0.244. The van der Waals surface area contributed by atoms with Gasteiger partial charge >= 0.3 is 12.0 Å². The molecule has 0 rings (SSSR count). The second-order valence-corrected chi connectivity index (χ2v) is 4.52. The maximum Gasteiger partial charge on any atom is 0.329 e. The molecular weight excluding hydrogens is 238 g/mol. The first-order chi connectivity index (χ1) is 8.21. The molecule has 0 aromatic heterocycles. The highest BCUT2D eigenvalue weighted by Crippen LogP contribution is 2.08. The van der Waals surface area contributed by atoms with Crippen molar-refractivity contribution in [3.8, 4) is 0 Å². The van der Waals surface area contributed by atoms with Gasteiger partial charge in [0.05, 0.1) is 6.54 Å². The van der Waals surface area contributed by atoms with E-state index in [0.717, 1.165) is 0 Å². The number of carboxylic acid groups (broad SMARTS) is 1. The van der Waals surface area contributed by atoms with Crippen LogP contribution in [0.4, 0.5) is 4.79 Å². The minimum Gasteiger partial charge on any atom is -0.480 e. The average molecular weight is 259 g/mol. The molecule has 0 saturated heterocycles. The third-order valence-electron chi connectivity index (χ3n) is 2.43. The van der Waals surface area contributed by atoms with Gasteiger partial charge in [-0.05, 0) is 27.2 Å². The Labute approximate surface area is 106 Å². The molecule has 18 heavy (non-hydrogen) atoms. The van der Waals surface area contributed by atoms with Gasteiger partial charge in [-0.25, -0.2) is 9.59 Å². The maximum absolute atomic E-state index is 11.4. The van der Waals surface area contributed by atoms with E-state index in [9.17, 15) is 14.4 Å². The number of hydrogen-bond donors (Lipinski definition) is 4. The van der Waals surface area contributed by atoms with E-state index in [-0.39, 0.29) is 24.9 Å². The van der Waals surface area contributed by atoms with Crippen LogP contribution in [-0.2, 0) is 9.59 Å². The fourth-order valence-electron chi connectivity index (χ4n) is 1.12. The van der Waals surface area contributed by atoms with E-state index >= 15 is 0 Å². The van der Waals surface area contributed by atoms with Crippen LogP contribution in [0.5, 0.6) is 0 Å². The number of amides is 3. The minimum absolute atomic E-state index is 0.0118. The number of carbonyl (C=O) groups is 3. The maximum atomic E-state index is 11.4. The predicted molar refractivity (Wildman–Crippen MR) is 66.1 cm³/mol. The molecule has 0 radical (unpaired) electrons. The van der Waals surface area contributed by atoms with Gasteiger partial charge in [-0.2, -0.15) is 0 Å². The zero-order chi connectivity index (χ0) is 14.3. The number of urea groups is 1. The molecule has 1 unspecified atom stereocenters. The zero-order valence-electron chi connectivity index (χ0n) is 11.2. The molecule has 0 spiro atoms. The lowest BCUT2D eigenvalue weighted by Crippen LogP contribution is -2.55. The largest absolute Gasteiger partial charge is 0.480 e. The Hall–Kier alpha value is -1.79. The lowest BCUT2D eigenvalue weighted by Gasteiger charge is -2.24. The van der Waals surface area contributed by atoms with Crippen molar-refractivity contribution in [2.75, 3.05) is 6.54 Å². The van der Waals surface area contributed by atoms with Crippen LogP contribution in [0.15, 0.2) is 0 Å². The lowest BCUT2D eigenvalue weighted by atomic mass is 10.00. The average Bonchev–Trinajstić information content (AvgIpc) is 2.25. The van der Waals surface area contributed by atoms with E-state index in [1.54, 1.807) is 20.8 Å². The first kappa shape index (κ1) is 16.2. The van der Waals surface area contributed by atoms with Crippen LogP contribution < -0.4 is 16.0 Å². The van der Waals surface area contributed by atoms with Crippen molar-refractivity contribution < 1.29 is 19.5 Å². The quantitative estimate of drug-likeness (QED) is 0.541. The molecule has 3 amide bonds. The molecule has 0 fully saturated rings. The van der Waals surface area contributed by atoms with Gasteiger partial charge in [-0.1, -0.05) is 6.92 Å². The monoisotopic (exact) mass is 259 g/mol. The highest BCUT2D eigenvalue weighted by atomic mass is 16.4. The lowest BCUT2D eigenvalue weighted by molar-refractivity contribution is -0.143. The highest BCUT2D eigenvalue weighted by molar-refractivity contribution is 5.88. The Balaban J connectivity index is 4.20. The van der Waals surface area contributed by atoms with Crippen molar-refractivity contribution in [3.05, 3.63) is 0 Å². The minimum atomic E-state index is -1.33. The first-order valence-corrected chi connectivity index (χ1v) is 5.80. The summed E-state index contributed by atoms with van der Waals surface area (Å²) in [6, 6.07) is -0.692. The molecule has 0 aliphatic carbocycles. The second-order valence-electron chi connectivity index (χ2n) is 4.52. The third-order valence-corrected chi connectivity index (χ3v) is 2.43. The summed E-state index contributed by atoms with van der Waals surface area (Å²) in [6.45, 7) is 6.47. The Bertz CT molecular complexity index is 330. The molecule has 0 aliphatic heterocycles. The van der Waals surface area contributed by atoms with Gasteiger partial charge in [0.25, 0.3) is 0 Å². The van der Waals surface area contributed by atoms with Gasteiger partial charge in [0.2, 0.25) is 5.91 Å². The van der Waals surface area contributed by atoms with Gasteiger partial charge in [0.1, 0.15) is 5.54 Å². The molecule has 0 aromatic carbocycles. The predicted octanol–water partition coefficient (Wildman–Crippen LogP) is 0.0635. The van der Waals surface area contributed by atoms with Crippen LogP contribution in [0.25, 0.3) is 0 Å². The van der Waals surface area contributed by atoms with Crippen molar-refractivity contribution in [2.45, 2.75) is 45.7 Å². The van der Waals surface area contributed by atoms with E-state index in [4.69, 9.17) is 5.11 Å². The Morgan fingerprint density at radius 2 is 1.83 bits per heavy atom. The van der Waals surface area contributed by atoms with Crippen molar-refractivity contribution in [2.24, 2.45) is 0 Å². The van der Waals surface area contributed by atoms with Crippen molar-refractivity contribution >= 4 is 17.9 Å². The molecule has 0 aromatic rings. The summed E-state index contributed by atoms with van der Waals surface area (Å²) in [5, 5.41) is 16.2. The second kappa shape index (κ2) is 6.83. The molecule has 0 aliphatic rings. The smallest absolute Gasteiger partial charge is 0.329 e. The van der Waals surface area contributed by atoms with Gasteiger partial charge in [0, 0.05) is 6.04 Å². The molecule has 1 atom stereocenters. The number of carboxylic acids is 1. The van der Waals surface area contributed by atoms with Crippen molar-refractivity contribution in [1.82, 2.24) is 16.0 Å². The fourth-order valence-corrected chi connectivity index (χ4v) is 1.12. The first-order valence-electron chi connectivity index (χ1n) is 5.80. The Morgan fingerprint density at radius 1 is 1.28 bits per heavy atom. The van der Waals surface area contributed by atoms with Crippen molar-refractivity contribution in [3.63, 3.8) is 0 Å². The topological polar surface area (TPSA) is 108 Å². The summed E-state index contributed by atoms with van der Waals surface area (Å²) in [7, 11) is 0. The van der Waals surface area contributed by atoms with Gasteiger partial charge in [-0.3, -0.25) is 4.79 Å². The Morgan fingerprint density at radius 3 is 2.22 bits per heavy atom. The summed E-state index contributed by atoms with van der Waals surface area (Å²) in [5.41, 5.74) is -1.33. The van der Waals surface area contributed by atoms with Crippen molar-refractivity contribution in [1.29, 1.82) is 0 Å². The van der Waals surface area contributed by atoms with E-state index in [0.29, 0.717) is 0 Å². The van der Waals surface area contributed by atoms with Crippen LogP contribution in [0.3, 0.4) is 0 Å². The molecule has 4 N–H and O–H groups in total. The summed E-state index contributed by atoms with van der Waals surface area (Å²) >= 11 is 0. The fraction of sp³-hybridized carbons (Fsp3) is 0.727. The number of aliphatic carboxylic acids is 1. The van der Waals surface area contributed by atoms with E-state index in [1.165, 1.54) is 6.92 Å². The molecule has 0 bridgehead atoms. The van der Waals surface area contributed by atoms with E-state index in [1.807, 2.05) is 0 Å². The number of rotatable bonds is 6. The third kappa shape index (κ3) is 5.51. The van der Waals surface area contributed by atoms with Crippen LogP contribution in [0.1, 0.15) is 34.1 Å². The molecular formula is C11H21N3O4. The standard InChI is InChI=1S/C11H21N3O4/c1-5-11(4,9(16)17)14-10(18)12-6-8(15)13-7(2)3/h7H,5-6H2,1-4H3,(H,13,15)(H,16,17)(H2,12,14,18). The van der Waals surface area contributed by atoms with Crippen LogP contribution in [-0.4, -0.2) is 41.1 Å². The normalized spacial score (nSPS) is 13.6.